The van der Waals surface area contributed by atoms with Crippen LogP contribution in [0, 0.1) is 249 Å². The molecule has 0 N–H and O–H groups in total. The lowest BCUT2D eigenvalue weighted by Gasteiger charge is -2.15. The van der Waals surface area contributed by atoms with Crippen LogP contribution in [0.1, 0.15) is 249 Å². The third-order valence-corrected chi connectivity index (χ3v) is 23.7. The molecule has 0 fully saturated rings. The molecule has 590 valence electrons. The van der Waals surface area contributed by atoms with Crippen LogP contribution >= 0.6 is 0 Å². The van der Waals surface area contributed by atoms with E-state index in [-0.39, 0.29) is 37.1 Å². The van der Waals surface area contributed by atoms with Gasteiger partial charge < -0.3 is 4.74 Å². The lowest BCUT2D eigenvalue weighted by molar-refractivity contribution is 0.480. The molecule has 0 unspecified atom stereocenters. The molecule has 1 heteroatoms. The highest BCUT2D eigenvalue weighted by atomic mass is 16.5. The maximum Gasteiger partial charge on any atom is 0.127 e. The number of hydrogen-bond acceptors (Lipinski definition) is 1. The lowest BCUT2D eigenvalue weighted by atomic mass is 9.90. The fourth-order valence-corrected chi connectivity index (χ4v) is 13.2. The molecule has 0 saturated carbocycles. The van der Waals surface area contributed by atoms with Crippen molar-refractivity contribution in [3.05, 3.63) is 345 Å². The summed E-state index contributed by atoms with van der Waals surface area (Å²) < 4.78 is 6.01. The van der Waals surface area contributed by atoms with Gasteiger partial charge in [0.1, 0.15) is 11.5 Å². The smallest absolute Gasteiger partial charge is 0.127 e. The Hall–Kier alpha value is -8.78. The van der Waals surface area contributed by atoms with Gasteiger partial charge in [-0.15, -0.1) is 0 Å². The van der Waals surface area contributed by atoms with Crippen LogP contribution in [0.15, 0.2) is 133 Å². The van der Waals surface area contributed by atoms with E-state index in [2.05, 4.69) is 383 Å². The topological polar surface area (TPSA) is 9.23 Å². The minimum absolute atomic E-state index is 0. The van der Waals surface area contributed by atoms with Gasteiger partial charge in [-0.3, -0.25) is 0 Å². The summed E-state index contributed by atoms with van der Waals surface area (Å²) in [6.45, 7) is 78.4. The summed E-state index contributed by atoms with van der Waals surface area (Å²) in [5, 5.41) is 0. The van der Waals surface area contributed by atoms with Crippen molar-refractivity contribution in [3.63, 3.8) is 0 Å². The molecule has 109 heavy (non-hydrogen) atoms. The minimum atomic E-state index is 0. The van der Waals surface area contributed by atoms with Gasteiger partial charge in [-0.25, -0.2) is 0 Å². The van der Waals surface area contributed by atoms with E-state index in [1.807, 2.05) is 0 Å². The number of benzene rings is 11. The molecule has 11 aromatic rings. The van der Waals surface area contributed by atoms with Gasteiger partial charge in [-0.2, -0.15) is 0 Å². The zero-order chi connectivity index (χ0) is 78.4. The molecule has 0 bridgehead atoms. The van der Waals surface area contributed by atoms with E-state index < -0.39 is 0 Å². The summed E-state index contributed by atoms with van der Waals surface area (Å²) in [4.78, 5) is 0. The van der Waals surface area contributed by atoms with Crippen LogP contribution < -0.4 is 4.74 Å². The van der Waals surface area contributed by atoms with E-state index in [1.54, 1.807) is 0 Å². The van der Waals surface area contributed by atoms with Crippen LogP contribution in [-0.4, -0.2) is 0 Å². The first-order valence-corrected chi connectivity index (χ1v) is 37.8. The van der Waals surface area contributed by atoms with E-state index in [0.29, 0.717) is 0 Å². The maximum absolute atomic E-state index is 6.01. The zero-order valence-electron chi connectivity index (χ0n) is 71.8. The molecule has 1 nitrogen and oxygen atoms in total. The van der Waals surface area contributed by atoms with Crippen LogP contribution in [0.2, 0.25) is 0 Å². The van der Waals surface area contributed by atoms with Gasteiger partial charge in [0.2, 0.25) is 0 Å². The number of rotatable bonds is 6. The Bertz CT molecular complexity index is 4270. The average molecular weight is 1470 g/mol. The van der Waals surface area contributed by atoms with Crippen LogP contribution in [0.4, 0.5) is 0 Å². The summed E-state index contributed by atoms with van der Waals surface area (Å²) in [5.41, 5.74) is 58.0. The van der Waals surface area contributed by atoms with Gasteiger partial charge in [0.05, 0.1) is 0 Å². The highest BCUT2D eigenvalue weighted by Crippen LogP contribution is 2.33. The van der Waals surface area contributed by atoms with Gasteiger partial charge in [0.15, 0.2) is 0 Å². The van der Waals surface area contributed by atoms with Crippen LogP contribution in [0.3, 0.4) is 0 Å². The van der Waals surface area contributed by atoms with Gasteiger partial charge in [0.25, 0.3) is 0 Å². The van der Waals surface area contributed by atoms with Crippen molar-refractivity contribution in [1.82, 2.24) is 0 Å². The van der Waals surface area contributed by atoms with E-state index in [1.165, 1.54) is 234 Å². The van der Waals surface area contributed by atoms with Gasteiger partial charge >= 0.3 is 0 Å². The molecule has 0 aromatic heterocycles. The van der Waals surface area contributed by atoms with E-state index in [4.69, 9.17) is 4.74 Å². The third-order valence-electron chi connectivity index (χ3n) is 23.7. The second-order valence-electron chi connectivity index (χ2n) is 31.1. The predicted octanol–water partition coefficient (Wildman–Crippen LogP) is 32.8. The van der Waals surface area contributed by atoms with Crippen molar-refractivity contribution in [2.45, 2.75) is 293 Å². The highest BCUT2D eigenvalue weighted by Gasteiger charge is 2.12. The first-order chi connectivity index (χ1) is 48.4. The monoisotopic (exact) mass is 1470 g/mol. The molecule has 0 aliphatic heterocycles. The van der Waals surface area contributed by atoms with Crippen molar-refractivity contribution in [2.24, 2.45) is 0 Å². The molecule has 0 atom stereocenters. The minimum Gasteiger partial charge on any atom is -0.457 e. The van der Waals surface area contributed by atoms with Gasteiger partial charge in [0, 0.05) is 0 Å². The van der Waals surface area contributed by atoms with Gasteiger partial charge in [-0.05, 0) is 508 Å². The summed E-state index contributed by atoms with van der Waals surface area (Å²) in [6, 6.07) is 49.0. The highest BCUT2D eigenvalue weighted by molar-refractivity contribution is 5.69. The molecule has 0 heterocycles. The molecule has 0 saturated heterocycles. The quantitative estimate of drug-likeness (QED) is 0.161. The molecule has 11 aromatic carbocycles. The molecule has 0 aliphatic rings. The van der Waals surface area contributed by atoms with Crippen LogP contribution in [0.5, 0.6) is 11.5 Å². The van der Waals surface area contributed by atoms with E-state index >= 15 is 0 Å². The zero-order valence-corrected chi connectivity index (χ0v) is 71.8. The lowest BCUT2D eigenvalue weighted by Crippen LogP contribution is -1.98. The van der Waals surface area contributed by atoms with Crippen molar-refractivity contribution in [1.29, 1.82) is 0 Å². The molecule has 0 spiro atoms. The fraction of sp³-hybridized carbons (Fsp3) is 0.389. The largest absolute Gasteiger partial charge is 0.457 e. The van der Waals surface area contributed by atoms with Crippen molar-refractivity contribution in [2.75, 3.05) is 0 Å². The molecule has 0 amide bonds. The SMILES string of the molecule is C.C.C.C.C.Cc1c(C)c(C)c(C)c(C)c1C.Cc1cc(-c2cc(C)c(C)c(C)c2)cc(C)c1C.Cc1cc(C)c(C)c(C)c1C.Cc1cc(Cc2cc(C)c(C)c(C)c2)cc(C)c1C.Cc1cc(Oc2cc(C)c(C)c(C)c2)cc(C)c1C.Cc1ccc(-c2ccc(C)c(C)c2)cc1C.Cc1ccc(C)c(C)c1. The molecule has 0 radical (unpaired) electrons. The second-order valence-corrected chi connectivity index (χ2v) is 31.1. The van der Waals surface area contributed by atoms with Crippen molar-refractivity contribution < 1.29 is 4.74 Å². The normalized spacial score (nSPS) is 10.1. The number of hydrogen-bond donors (Lipinski definition) is 0. The number of aryl methyl sites for hydroxylation is 21. The second kappa shape index (κ2) is 44.2. The Morgan fingerprint density at radius 1 is 0.156 bits per heavy atom. The Morgan fingerprint density at radius 3 is 0.578 bits per heavy atom. The van der Waals surface area contributed by atoms with Crippen molar-refractivity contribution in [3.8, 4) is 33.8 Å². The average Bonchev–Trinajstić information content (AvgIpc) is 0.819. The van der Waals surface area contributed by atoms with E-state index in [0.717, 1.165) is 17.9 Å². The summed E-state index contributed by atoms with van der Waals surface area (Å²) in [7, 11) is 0. The van der Waals surface area contributed by atoms with Gasteiger partial charge in [-0.1, -0.05) is 152 Å². The third kappa shape index (κ3) is 27.0. The first-order valence-electron chi connectivity index (χ1n) is 37.8. The van der Waals surface area contributed by atoms with Crippen LogP contribution in [-0.2, 0) is 6.42 Å². The number of ether oxygens (including phenoxy) is 1. The Balaban J connectivity index is 0.00000125. The molecular formula is C108H152O. The molecule has 0 aliphatic carbocycles. The summed E-state index contributed by atoms with van der Waals surface area (Å²) >= 11 is 0. The first kappa shape index (κ1) is 100. The predicted molar refractivity (Wildman–Crippen MR) is 496 cm³/mol. The maximum atomic E-state index is 6.01. The Kier molecular flexibility index (Phi) is 40.6. The Labute approximate surface area is 672 Å². The van der Waals surface area contributed by atoms with E-state index in [9.17, 15) is 0 Å². The standard InChI is InChI=1S/C19H24.C18H22O.C18H22.C16H18.C12H18.C11H16.C9H12.5CH4/c1-12-7-18(8-13(2)16(12)5)11-19-9-14(3)17(6)15(4)10-19;1-11-7-17(8-12(2)15(11)5)19-18-9-13(3)16(6)14(4)10-18;1-11-7-17(8-12(2)15(11)5)18-9-13(3)16(6)14(4)10-18;1-11-5-7-15(9-13(11)3)16-8-6-12(2)14(4)10-16;1-7-8(2)10(4)12(6)11(5)9(7)3;1-7-6-8(2)10(4)11(5)9(7)3;1-7-4-5-8(2)9(3)6-7;;;;;/h7-10H,11H2,1-6H3;7-10H,1-6H3;7-10H,1-6H3;5-10H,1-4H3;1-6H3;6H,1-5H3;4-6H,1-3H3;5*1H4. The van der Waals surface area contributed by atoms with Crippen molar-refractivity contribution >= 4 is 0 Å². The Morgan fingerprint density at radius 2 is 0.349 bits per heavy atom. The van der Waals surface area contributed by atoms with Crippen LogP contribution in [0.25, 0.3) is 22.3 Å². The summed E-state index contributed by atoms with van der Waals surface area (Å²) in [6.07, 6.45) is 1.03. The fourth-order valence-electron chi connectivity index (χ4n) is 13.2. The molecular weight excluding hydrogens is 1310 g/mol. The molecule has 11 rings (SSSR count). The summed E-state index contributed by atoms with van der Waals surface area (Å²) in [5.74, 6) is 1.84.